The van der Waals surface area contributed by atoms with Gasteiger partial charge < -0.3 is 10.6 Å². The van der Waals surface area contributed by atoms with Crippen molar-refractivity contribution in [2.24, 2.45) is 0 Å². The quantitative estimate of drug-likeness (QED) is 0.759. The summed E-state index contributed by atoms with van der Waals surface area (Å²) < 4.78 is 0. The fraction of sp³-hybridized carbons (Fsp3) is 0.692. The molecule has 0 aliphatic carbocycles. The molecule has 18 heavy (non-hydrogen) atoms. The number of anilines is 2. The maximum Gasteiger partial charge on any atom is 0.132 e. The van der Waals surface area contributed by atoms with Crippen molar-refractivity contribution in [3.05, 3.63) is 11.9 Å². The standard InChI is InChI=1S/C13H24N4S/c1-5-10(9-18-4)15-13-8-12(14-7-3)16-11(6-2)17-13/h8,10H,5-7,9H2,1-4H3,(H2,14,15,16,17). The van der Waals surface area contributed by atoms with E-state index in [1.165, 1.54) is 0 Å². The summed E-state index contributed by atoms with van der Waals surface area (Å²) in [6.45, 7) is 7.22. The maximum atomic E-state index is 4.53. The molecular weight excluding hydrogens is 244 g/mol. The summed E-state index contributed by atoms with van der Waals surface area (Å²) >= 11 is 1.86. The Kier molecular flexibility index (Phi) is 6.86. The number of rotatable bonds is 8. The average Bonchev–Trinajstić information content (AvgIpc) is 2.38. The highest BCUT2D eigenvalue weighted by molar-refractivity contribution is 7.98. The second-order valence-electron chi connectivity index (χ2n) is 4.14. The number of aromatic nitrogens is 2. The third-order valence-electron chi connectivity index (χ3n) is 2.66. The SMILES string of the molecule is CCNc1cc(NC(CC)CSC)nc(CC)n1. The van der Waals surface area contributed by atoms with Crippen molar-refractivity contribution in [3.8, 4) is 0 Å². The lowest BCUT2D eigenvalue weighted by Gasteiger charge is -2.17. The molecule has 0 fully saturated rings. The maximum absolute atomic E-state index is 4.53. The Morgan fingerprint density at radius 2 is 1.94 bits per heavy atom. The number of nitrogens with one attached hydrogen (secondary N) is 2. The van der Waals surface area contributed by atoms with Crippen molar-refractivity contribution in [3.63, 3.8) is 0 Å². The molecule has 5 heteroatoms. The topological polar surface area (TPSA) is 49.8 Å². The van der Waals surface area contributed by atoms with Gasteiger partial charge in [-0.15, -0.1) is 0 Å². The second kappa shape index (κ2) is 8.19. The van der Waals surface area contributed by atoms with Gasteiger partial charge in [-0.25, -0.2) is 9.97 Å². The van der Waals surface area contributed by atoms with Crippen molar-refractivity contribution in [1.82, 2.24) is 9.97 Å². The molecule has 0 bridgehead atoms. The first-order chi connectivity index (χ1) is 8.73. The van der Waals surface area contributed by atoms with Gasteiger partial charge in [0.1, 0.15) is 17.5 Å². The van der Waals surface area contributed by atoms with Gasteiger partial charge in [0.15, 0.2) is 0 Å². The third kappa shape index (κ3) is 4.72. The minimum atomic E-state index is 0.467. The van der Waals surface area contributed by atoms with Crippen LogP contribution in [0.25, 0.3) is 0 Å². The molecule has 0 saturated heterocycles. The summed E-state index contributed by atoms with van der Waals surface area (Å²) in [4.78, 5) is 8.99. The van der Waals surface area contributed by atoms with Gasteiger partial charge in [-0.2, -0.15) is 11.8 Å². The Balaban J connectivity index is 2.82. The van der Waals surface area contributed by atoms with Crippen LogP contribution >= 0.6 is 11.8 Å². The summed E-state index contributed by atoms with van der Waals surface area (Å²) in [6.07, 6.45) is 4.09. The van der Waals surface area contributed by atoms with E-state index in [1.807, 2.05) is 17.8 Å². The summed E-state index contributed by atoms with van der Waals surface area (Å²) in [7, 11) is 0. The molecule has 1 rings (SSSR count). The van der Waals surface area contributed by atoms with Crippen LogP contribution < -0.4 is 10.6 Å². The highest BCUT2D eigenvalue weighted by atomic mass is 32.2. The highest BCUT2D eigenvalue weighted by Crippen LogP contribution is 2.15. The van der Waals surface area contributed by atoms with Gasteiger partial charge in [-0.3, -0.25) is 0 Å². The van der Waals surface area contributed by atoms with E-state index in [2.05, 4.69) is 47.6 Å². The lowest BCUT2D eigenvalue weighted by Crippen LogP contribution is -2.22. The molecule has 0 radical (unpaired) electrons. The van der Waals surface area contributed by atoms with E-state index in [0.29, 0.717) is 6.04 Å². The van der Waals surface area contributed by atoms with Crippen molar-refractivity contribution in [1.29, 1.82) is 0 Å². The zero-order valence-electron chi connectivity index (χ0n) is 11.8. The zero-order chi connectivity index (χ0) is 13.4. The summed E-state index contributed by atoms with van der Waals surface area (Å²) in [6, 6.07) is 2.46. The van der Waals surface area contributed by atoms with E-state index in [1.54, 1.807) is 0 Å². The minimum absolute atomic E-state index is 0.467. The first kappa shape index (κ1) is 15.1. The molecule has 1 aromatic heterocycles. The van der Waals surface area contributed by atoms with Gasteiger partial charge in [-0.05, 0) is 19.6 Å². The molecule has 1 aromatic rings. The highest BCUT2D eigenvalue weighted by Gasteiger charge is 2.08. The van der Waals surface area contributed by atoms with E-state index in [0.717, 1.165) is 42.6 Å². The van der Waals surface area contributed by atoms with Gasteiger partial charge in [0.25, 0.3) is 0 Å². The van der Waals surface area contributed by atoms with Crippen LogP contribution in [0.1, 0.15) is 33.0 Å². The Labute approximate surface area is 114 Å². The average molecular weight is 268 g/mol. The molecule has 1 unspecified atom stereocenters. The van der Waals surface area contributed by atoms with E-state index < -0.39 is 0 Å². The van der Waals surface area contributed by atoms with Crippen LogP contribution in [0, 0.1) is 0 Å². The second-order valence-corrected chi connectivity index (χ2v) is 5.05. The number of thioether (sulfide) groups is 1. The fourth-order valence-corrected chi connectivity index (χ4v) is 2.39. The van der Waals surface area contributed by atoms with Gasteiger partial charge in [0.2, 0.25) is 0 Å². The molecule has 2 N–H and O–H groups in total. The molecule has 0 aliphatic rings. The molecule has 0 aliphatic heterocycles. The van der Waals surface area contributed by atoms with Crippen molar-refractivity contribution < 1.29 is 0 Å². The molecule has 102 valence electrons. The minimum Gasteiger partial charge on any atom is -0.370 e. The largest absolute Gasteiger partial charge is 0.370 e. The van der Waals surface area contributed by atoms with Crippen LogP contribution in [-0.2, 0) is 6.42 Å². The van der Waals surface area contributed by atoms with Crippen LogP contribution in [0.2, 0.25) is 0 Å². The molecule has 0 amide bonds. The van der Waals surface area contributed by atoms with E-state index in [-0.39, 0.29) is 0 Å². The molecule has 0 spiro atoms. The molecular formula is C13H24N4S. The molecule has 0 saturated carbocycles. The van der Waals surface area contributed by atoms with Crippen LogP contribution in [0.4, 0.5) is 11.6 Å². The Morgan fingerprint density at radius 1 is 1.22 bits per heavy atom. The summed E-state index contributed by atoms with van der Waals surface area (Å²) in [5.74, 6) is 3.82. The Hall–Kier alpha value is -0.970. The predicted molar refractivity (Wildman–Crippen MR) is 81.7 cm³/mol. The van der Waals surface area contributed by atoms with Crippen LogP contribution in [-0.4, -0.2) is 34.6 Å². The van der Waals surface area contributed by atoms with Crippen molar-refractivity contribution in [2.45, 2.75) is 39.7 Å². The van der Waals surface area contributed by atoms with Gasteiger partial charge in [-0.1, -0.05) is 13.8 Å². The smallest absolute Gasteiger partial charge is 0.132 e. The Morgan fingerprint density at radius 3 is 2.50 bits per heavy atom. The van der Waals surface area contributed by atoms with Crippen LogP contribution in [0.15, 0.2) is 6.07 Å². The van der Waals surface area contributed by atoms with Crippen molar-refractivity contribution in [2.75, 3.05) is 29.2 Å². The Bertz CT molecular complexity index is 357. The lowest BCUT2D eigenvalue weighted by atomic mass is 10.2. The monoisotopic (exact) mass is 268 g/mol. The normalized spacial score (nSPS) is 12.2. The lowest BCUT2D eigenvalue weighted by molar-refractivity contribution is 0.766. The predicted octanol–water partition coefficient (Wildman–Crippen LogP) is 3.02. The van der Waals surface area contributed by atoms with Gasteiger partial charge in [0, 0.05) is 30.8 Å². The van der Waals surface area contributed by atoms with E-state index in [4.69, 9.17) is 0 Å². The number of nitrogens with zero attached hydrogens (tertiary/aromatic N) is 2. The van der Waals surface area contributed by atoms with Crippen molar-refractivity contribution >= 4 is 23.4 Å². The van der Waals surface area contributed by atoms with Gasteiger partial charge in [0.05, 0.1) is 0 Å². The first-order valence-electron chi connectivity index (χ1n) is 6.60. The fourth-order valence-electron chi connectivity index (χ4n) is 1.67. The van der Waals surface area contributed by atoms with Crippen LogP contribution in [0.5, 0.6) is 0 Å². The molecule has 1 heterocycles. The van der Waals surface area contributed by atoms with Gasteiger partial charge >= 0.3 is 0 Å². The number of aryl methyl sites for hydroxylation is 1. The number of hydrogen-bond donors (Lipinski definition) is 2. The van der Waals surface area contributed by atoms with E-state index in [9.17, 15) is 0 Å². The molecule has 1 atom stereocenters. The van der Waals surface area contributed by atoms with E-state index >= 15 is 0 Å². The summed E-state index contributed by atoms with van der Waals surface area (Å²) in [5.41, 5.74) is 0. The first-order valence-corrected chi connectivity index (χ1v) is 8.00. The summed E-state index contributed by atoms with van der Waals surface area (Å²) in [5, 5.41) is 6.74. The third-order valence-corrected chi connectivity index (χ3v) is 3.39. The molecule has 0 aromatic carbocycles. The zero-order valence-corrected chi connectivity index (χ0v) is 12.6. The van der Waals surface area contributed by atoms with Crippen LogP contribution in [0.3, 0.4) is 0 Å². The molecule has 4 nitrogen and oxygen atoms in total. The number of hydrogen-bond acceptors (Lipinski definition) is 5.